The number of carboxylic acids is 1. The number of aliphatic carboxylic acids is 1. The maximum Gasteiger partial charge on any atom is 0.326 e. The minimum absolute atomic E-state index is 0.0270. The first-order chi connectivity index (χ1) is 57.4. The van der Waals surface area contributed by atoms with E-state index in [0.29, 0.717) is 37.7 Å². The number of hydrogen-bond acceptors (Lipinski definition) is 25. The zero-order chi connectivity index (χ0) is 91.4. The number of thiol groups is 1. The Bertz CT molecular complexity index is 3880. The van der Waals surface area contributed by atoms with Crippen molar-refractivity contribution < 1.29 is 112 Å². The monoisotopic (exact) mass is 1740 g/mol. The Morgan fingerprint density at radius 3 is 1.27 bits per heavy atom. The molecule has 4 fully saturated rings. The van der Waals surface area contributed by atoms with E-state index in [1.807, 2.05) is 13.8 Å². The van der Waals surface area contributed by atoms with E-state index in [2.05, 4.69) is 76.4 Å². The molecule has 4 heterocycles. The number of nitrogens with one attached hydrogen (secondary N) is 12. The Morgan fingerprint density at radius 1 is 0.443 bits per heavy atom. The van der Waals surface area contributed by atoms with Crippen molar-refractivity contribution in [2.24, 2.45) is 40.9 Å². The zero-order valence-corrected chi connectivity index (χ0v) is 72.0. The van der Waals surface area contributed by atoms with Crippen molar-refractivity contribution in [1.29, 1.82) is 0 Å². The highest BCUT2D eigenvalue weighted by Gasteiger charge is 2.47. The highest BCUT2D eigenvalue weighted by atomic mass is 32.1. The summed E-state index contributed by atoms with van der Waals surface area (Å²) in [7, 11) is 0. The maximum atomic E-state index is 14.3. The van der Waals surface area contributed by atoms with Crippen LogP contribution in [-0.4, -0.2) is 312 Å². The predicted octanol–water partition coefficient (Wildman–Crippen LogP) is -6.52. The third kappa shape index (κ3) is 29.2. The van der Waals surface area contributed by atoms with Gasteiger partial charge in [0.1, 0.15) is 102 Å². The highest BCUT2D eigenvalue weighted by molar-refractivity contribution is 7.80. The molecule has 0 unspecified atom stereocenters. The number of primary amides is 1. The molecule has 122 heavy (non-hydrogen) atoms. The molecule has 4 aliphatic rings. The van der Waals surface area contributed by atoms with E-state index in [0.717, 1.165) is 4.90 Å². The van der Waals surface area contributed by atoms with Crippen LogP contribution in [0.25, 0.3) is 0 Å². The van der Waals surface area contributed by atoms with Crippen LogP contribution in [0.5, 0.6) is 5.75 Å². The number of carbonyl (C=O) groups is 18. The lowest BCUT2D eigenvalue weighted by atomic mass is 9.99. The Hall–Kier alpha value is -10.4. The third-order valence-electron chi connectivity index (χ3n) is 21.7. The van der Waals surface area contributed by atoms with Gasteiger partial charge in [-0.25, -0.2) is 4.79 Å². The molecule has 0 saturated carbocycles. The van der Waals surface area contributed by atoms with Crippen LogP contribution in [-0.2, 0) is 92.7 Å². The van der Waals surface area contributed by atoms with Crippen molar-refractivity contribution in [1.82, 2.24) is 83.4 Å². The average Bonchev–Trinajstić information content (AvgIpc) is 1.65. The number of unbranched alkanes of at least 4 members (excludes halogenated alkanes) is 1. The molecular weight excluding hydrogens is 1620 g/mol. The van der Waals surface area contributed by atoms with E-state index in [1.165, 1.54) is 59.7 Å². The largest absolute Gasteiger partial charge is 0.508 e. The molecule has 1 aromatic carbocycles. The summed E-state index contributed by atoms with van der Waals surface area (Å²) in [5.74, 6) is -19.0. The van der Waals surface area contributed by atoms with Gasteiger partial charge < -0.3 is 126 Å². The standard InChI is InChI=1S/C79H127N19O23S/c1-38(2)32-47(81)77(118)96-29-15-20-55(96)70(111)94-62(44(11)101)74(115)89-52(36-100)67(108)86-49(33-45-23-25-46(102)26-24-45)64(105)88-51(35-99)66(107)85-48(18-12-13-27-80)63(104)90-53(37-122)68(109)92-59(39(3)4)71(112)83-42(9)75(116)95-28-14-19-54(95)69(110)87-50(34-58(82)103)65(106)91-61(41(7)8)73(114)93-60(40(5)6)72(113)84-43(10)76(117)97-30-16-21-56(97)78(119)98-31-17-22-57(98)79(120)121/h23-26,38-44,47-57,59-62,99-102,122H,12-22,27-37,80-81H2,1-11H3,(H2,82,103)(H,83,112)(H,84,113)(H,85,107)(H,86,108)(H,87,110)(H,88,105)(H,89,115)(H,90,104)(H,91,106)(H,92,109)(H,93,114)(H,94,111)(H,120,121)/t42-,43-,44+,47-,48-,49-,50-,51-,52-,53-,54-,55-,56-,57-,59-,60-,61-,62-/m0/s1. The second-order valence-corrected chi connectivity index (χ2v) is 33.3. The Labute approximate surface area is 714 Å². The average molecular weight is 1740 g/mol. The van der Waals surface area contributed by atoms with Crippen molar-refractivity contribution in [3.05, 3.63) is 29.8 Å². The van der Waals surface area contributed by atoms with Gasteiger partial charge in [-0.05, 0) is 146 Å². The number of carbonyl (C=O) groups excluding carboxylic acids is 17. The minimum Gasteiger partial charge on any atom is -0.508 e. The molecule has 0 spiro atoms. The fourth-order valence-corrected chi connectivity index (χ4v) is 15.1. The van der Waals surface area contributed by atoms with E-state index in [4.69, 9.17) is 17.2 Å². The Morgan fingerprint density at radius 2 is 0.820 bits per heavy atom. The van der Waals surface area contributed by atoms with Gasteiger partial charge in [-0.1, -0.05) is 67.5 Å². The minimum atomic E-state index is -1.87. The quantitative estimate of drug-likeness (QED) is 0.0213. The molecule has 5 rings (SSSR count). The van der Waals surface area contributed by atoms with Crippen LogP contribution in [0.1, 0.15) is 165 Å². The lowest BCUT2D eigenvalue weighted by molar-refractivity contribution is -0.152. The van der Waals surface area contributed by atoms with Crippen molar-refractivity contribution in [3.63, 3.8) is 0 Å². The number of aliphatic hydroxyl groups is 3. The second-order valence-electron chi connectivity index (χ2n) is 33.0. The fraction of sp³-hybridized carbons (Fsp3) is 0.696. The number of aromatic hydroxyl groups is 1. The molecule has 23 N–H and O–H groups in total. The molecule has 0 aromatic heterocycles. The van der Waals surface area contributed by atoms with Gasteiger partial charge in [0.15, 0.2) is 0 Å². The first-order valence-electron chi connectivity index (χ1n) is 41.5. The lowest BCUT2D eigenvalue weighted by Gasteiger charge is -2.32. The highest BCUT2D eigenvalue weighted by Crippen LogP contribution is 2.27. The van der Waals surface area contributed by atoms with E-state index in [1.54, 1.807) is 41.5 Å². The lowest BCUT2D eigenvalue weighted by Crippen LogP contribution is -2.62. The number of nitrogens with zero attached hydrogens (tertiary/aromatic N) is 4. The Balaban J connectivity index is 1.21. The molecule has 682 valence electrons. The summed E-state index contributed by atoms with van der Waals surface area (Å²) < 4.78 is 0. The van der Waals surface area contributed by atoms with Crippen LogP contribution in [0.4, 0.5) is 0 Å². The number of amides is 17. The molecule has 17 amide bonds. The van der Waals surface area contributed by atoms with Crippen LogP contribution in [0, 0.1) is 23.7 Å². The van der Waals surface area contributed by atoms with Gasteiger partial charge in [0.2, 0.25) is 100 Å². The topological polar surface area (TPSA) is 644 Å². The zero-order valence-electron chi connectivity index (χ0n) is 71.1. The van der Waals surface area contributed by atoms with E-state index >= 15 is 0 Å². The van der Waals surface area contributed by atoms with Crippen molar-refractivity contribution >= 4 is 119 Å². The number of aliphatic hydroxyl groups excluding tert-OH is 3. The molecule has 0 aliphatic carbocycles. The summed E-state index contributed by atoms with van der Waals surface area (Å²) in [4.78, 5) is 253. The van der Waals surface area contributed by atoms with E-state index in [9.17, 15) is 112 Å². The summed E-state index contributed by atoms with van der Waals surface area (Å²) in [6.07, 6.45) is 0.363. The number of phenolic OH excluding ortho intramolecular Hbond substituents is 1. The van der Waals surface area contributed by atoms with Gasteiger partial charge in [0.05, 0.1) is 31.8 Å². The second kappa shape index (κ2) is 48.5. The molecule has 1 aromatic rings. The number of hydrogen-bond donors (Lipinski definition) is 21. The molecule has 0 bridgehead atoms. The number of phenols is 1. The maximum absolute atomic E-state index is 14.3. The van der Waals surface area contributed by atoms with Crippen LogP contribution in [0.2, 0.25) is 0 Å². The van der Waals surface area contributed by atoms with Crippen LogP contribution in [0.3, 0.4) is 0 Å². The first-order valence-corrected chi connectivity index (χ1v) is 42.2. The first kappa shape index (κ1) is 102. The third-order valence-corrected chi connectivity index (χ3v) is 22.1. The normalized spacial score (nSPS) is 19.9. The number of carboxylic acid groups (broad SMARTS) is 1. The van der Waals surface area contributed by atoms with Gasteiger partial charge in [-0.3, -0.25) is 81.5 Å². The van der Waals surface area contributed by atoms with Crippen molar-refractivity contribution in [2.45, 2.75) is 275 Å². The van der Waals surface area contributed by atoms with Gasteiger partial charge in [0, 0.05) is 38.4 Å². The number of benzene rings is 1. The van der Waals surface area contributed by atoms with Crippen LogP contribution >= 0.6 is 12.6 Å². The molecular formula is C79H127N19O23S. The van der Waals surface area contributed by atoms with E-state index < -0.39 is 258 Å². The number of rotatable bonds is 46. The molecule has 4 saturated heterocycles. The summed E-state index contributed by atoms with van der Waals surface area (Å²) >= 11 is 4.29. The molecule has 42 nitrogen and oxygen atoms in total. The molecule has 4 aliphatic heterocycles. The van der Waals surface area contributed by atoms with Crippen molar-refractivity contribution in [2.75, 3.05) is 51.7 Å². The number of likely N-dealkylation sites (tertiary alicyclic amines) is 4. The fourth-order valence-electron chi connectivity index (χ4n) is 14.9. The summed E-state index contributed by atoms with van der Waals surface area (Å²) in [6.45, 7) is 15.6. The predicted molar refractivity (Wildman–Crippen MR) is 441 cm³/mol. The SMILES string of the molecule is CC(C)C[C@H](N)C(=O)N1CCC[C@H]1C(=O)N[C@H](C(=O)N[C@@H](CO)C(=O)N[C@@H](Cc1ccc(O)cc1)C(=O)N[C@@H](CO)C(=O)N[C@@H](CCCCN)C(=O)N[C@@H](CS)C(=O)N[C@H](C(=O)N[C@@H](C)C(=O)N1CCC[C@H]1C(=O)N[C@@H](CC(N)=O)C(=O)N[C@H](C(=O)N[C@H](C(=O)N[C@@H](C)C(=O)N1CCC[C@H]1C(=O)N1CCC[C@H]1C(=O)O)C(C)C)C(C)C)C(C)C)[C@@H](C)O. The van der Waals surface area contributed by atoms with Gasteiger partial charge in [-0.2, -0.15) is 12.6 Å². The van der Waals surface area contributed by atoms with Crippen molar-refractivity contribution in [3.8, 4) is 5.75 Å². The number of nitrogens with two attached hydrogens (primary N) is 3. The summed E-state index contributed by atoms with van der Waals surface area (Å²) in [6, 6.07) is -18.6. The summed E-state index contributed by atoms with van der Waals surface area (Å²) in [5, 5.41) is 81.3. The summed E-state index contributed by atoms with van der Waals surface area (Å²) in [5.41, 5.74) is 17.8. The molecule has 18 atom stereocenters. The van der Waals surface area contributed by atoms with Gasteiger partial charge in [-0.15, -0.1) is 0 Å². The molecule has 43 heteroatoms. The van der Waals surface area contributed by atoms with Crippen LogP contribution in [0.15, 0.2) is 24.3 Å². The van der Waals surface area contributed by atoms with Gasteiger partial charge in [0.25, 0.3) is 0 Å². The van der Waals surface area contributed by atoms with Crippen LogP contribution < -0.4 is 81.0 Å². The van der Waals surface area contributed by atoms with Gasteiger partial charge >= 0.3 is 5.97 Å². The smallest absolute Gasteiger partial charge is 0.326 e. The molecule has 0 radical (unpaired) electrons. The Kier molecular flexibility index (Phi) is 40.6. The van der Waals surface area contributed by atoms with E-state index in [-0.39, 0.29) is 95.8 Å².